The molecule has 2 fully saturated rings. The summed E-state index contributed by atoms with van der Waals surface area (Å²) in [6, 6.07) is 0.0995. The molecule has 0 spiro atoms. The topological polar surface area (TPSA) is 44.4 Å². The zero-order valence-electron chi connectivity index (χ0n) is 8.75. The van der Waals surface area contributed by atoms with Gasteiger partial charge in [0.2, 0.25) is 0 Å². The molecule has 2 amide bonds. The van der Waals surface area contributed by atoms with E-state index in [0.29, 0.717) is 5.92 Å². The second kappa shape index (κ2) is 4.17. The Bertz CT molecular complexity index is 213. The number of hydrogen-bond donors (Lipinski definition) is 2. The molecule has 0 aromatic rings. The van der Waals surface area contributed by atoms with Crippen molar-refractivity contribution in [2.75, 3.05) is 19.6 Å². The molecule has 2 aliphatic heterocycles. The molecule has 0 aromatic heterocycles. The molecule has 0 aromatic carbocycles. The first-order valence-corrected chi connectivity index (χ1v) is 5.55. The molecular weight excluding hydrogens is 178 g/mol. The van der Waals surface area contributed by atoms with E-state index in [1.54, 1.807) is 0 Å². The van der Waals surface area contributed by atoms with Gasteiger partial charge in [0.05, 0.1) is 6.17 Å². The van der Waals surface area contributed by atoms with E-state index in [9.17, 15) is 4.79 Å². The van der Waals surface area contributed by atoms with E-state index in [1.807, 2.05) is 4.90 Å². The van der Waals surface area contributed by atoms with Crippen molar-refractivity contribution in [1.29, 1.82) is 0 Å². The fourth-order valence-corrected chi connectivity index (χ4v) is 2.21. The molecule has 14 heavy (non-hydrogen) atoms. The predicted octanol–water partition coefficient (Wildman–Crippen LogP) is 0.747. The van der Waals surface area contributed by atoms with E-state index < -0.39 is 0 Å². The van der Waals surface area contributed by atoms with Crippen LogP contribution in [0, 0.1) is 5.92 Å². The summed E-state index contributed by atoms with van der Waals surface area (Å²) in [5.74, 6) is 0.566. The molecule has 2 unspecified atom stereocenters. The van der Waals surface area contributed by atoms with E-state index >= 15 is 0 Å². The van der Waals surface area contributed by atoms with Crippen LogP contribution in [0.25, 0.3) is 0 Å². The Labute approximate surface area is 85.0 Å². The van der Waals surface area contributed by atoms with Gasteiger partial charge in [-0.05, 0) is 31.7 Å². The molecule has 80 valence electrons. The van der Waals surface area contributed by atoms with Crippen molar-refractivity contribution in [2.45, 2.75) is 32.4 Å². The van der Waals surface area contributed by atoms with E-state index in [2.05, 4.69) is 17.6 Å². The lowest BCUT2D eigenvalue weighted by Crippen LogP contribution is -2.59. The number of rotatable bonds is 1. The summed E-state index contributed by atoms with van der Waals surface area (Å²) in [5.41, 5.74) is 0. The van der Waals surface area contributed by atoms with Gasteiger partial charge in [-0.3, -0.25) is 5.32 Å². The highest BCUT2D eigenvalue weighted by Crippen LogP contribution is 2.15. The molecule has 4 heteroatoms. The van der Waals surface area contributed by atoms with Gasteiger partial charge in [-0.25, -0.2) is 4.79 Å². The molecule has 0 radical (unpaired) electrons. The van der Waals surface area contributed by atoms with E-state index in [4.69, 9.17) is 0 Å². The number of amides is 2. The van der Waals surface area contributed by atoms with Gasteiger partial charge in [-0.1, -0.05) is 6.92 Å². The Kier molecular flexibility index (Phi) is 2.91. The maximum absolute atomic E-state index is 11.6. The fourth-order valence-electron chi connectivity index (χ4n) is 2.21. The first-order valence-electron chi connectivity index (χ1n) is 5.55. The smallest absolute Gasteiger partial charge is 0.318 e. The first-order chi connectivity index (χ1) is 6.77. The number of carbonyl (C=O) groups is 1. The number of urea groups is 1. The van der Waals surface area contributed by atoms with Gasteiger partial charge < -0.3 is 10.2 Å². The molecule has 0 bridgehead atoms. The monoisotopic (exact) mass is 197 g/mol. The molecule has 2 N–H and O–H groups in total. The SMILES string of the molecule is CC1CNC(=O)N(C2CCCCN2)C1. The molecule has 2 heterocycles. The molecular formula is C10H19N3O. The van der Waals surface area contributed by atoms with Crippen molar-refractivity contribution >= 4 is 6.03 Å². The summed E-state index contributed by atoms with van der Waals surface area (Å²) in [5, 5.41) is 6.33. The maximum atomic E-state index is 11.6. The Balaban J connectivity index is 1.96. The van der Waals surface area contributed by atoms with Crippen LogP contribution in [0.3, 0.4) is 0 Å². The molecule has 2 rings (SSSR count). The predicted molar refractivity (Wildman–Crippen MR) is 54.9 cm³/mol. The van der Waals surface area contributed by atoms with Gasteiger partial charge in [0.25, 0.3) is 0 Å². The van der Waals surface area contributed by atoms with Gasteiger partial charge in [0, 0.05) is 13.1 Å². The highest BCUT2D eigenvalue weighted by molar-refractivity contribution is 5.75. The lowest BCUT2D eigenvalue weighted by molar-refractivity contribution is 0.116. The van der Waals surface area contributed by atoms with Crippen molar-refractivity contribution in [3.8, 4) is 0 Å². The minimum absolute atomic E-state index is 0.0995. The first kappa shape index (κ1) is 9.77. The Morgan fingerprint density at radius 3 is 3.00 bits per heavy atom. The van der Waals surface area contributed by atoms with E-state index in [0.717, 1.165) is 26.1 Å². The minimum Gasteiger partial charge on any atom is -0.338 e. The second-order valence-corrected chi connectivity index (χ2v) is 4.41. The normalized spacial score (nSPS) is 34.1. The van der Waals surface area contributed by atoms with Crippen LogP contribution in [0.4, 0.5) is 4.79 Å². The highest BCUT2D eigenvalue weighted by atomic mass is 16.2. The largest absolute Gasteiger partial charge is 0.338 e. The third-order valence-electron chi connectivity index (χ3n) is 3.03. The molecule has 2 atom stereocenters. The summed E-state index contributed by atoms with van der Waals surface area (Å²) in [6.45, 7) is 4.93. The van der Waals surface area contributed by atoms with Gasteiger partial charge in [-0.15, -0.1) is 0 Å². The highest BCUT2D eigenvalue weighted by Gasteiger charge is 2.29. The van der Waals surface area contributed by atoms with Crippen molar-refractivity contribution in [3.63, 3.8) is 0 Å². The van der Waals surface area contributed by atoms with Gasteiger partial charge in [-0.2, -0.15) is 0 Å². The quantitative estimate of drug-likeness (QED) is 0.651. The van der Waals surface area contributed by atoms with E-state index in [-0.39, 0.29) is 12.2 Å². The molecule has 0 saturated carbocycles. The van der Waals surface area contributed by atoms with Crippen LogP contribution in [0.1, 0.15) is 26.2 Å². The maximum Gasteiger partial charge on any atom is 0.318 e. The third-order valence-corrected chi connectivity index (χ3v) is 3.03. The molecule has 2 aliphatic rings. The Hall–Kier alpha value is -0.770. The van der Waals surface area contributed by atoms with Crippen molar-refractivity contribution in [1.82, 2.24) is 15.5 Å². The average molecular weight is 197 g/mol. The van der Waals surface area contributed by atoms with Crippen LogP contribution in [0.15, 0.2) is 0 Å². The van der Waals surface area contributed by atoms with Crippen LogP contribution in [-0.2, 0) is 0 Å². The zero-order chi connectivity index (χ0) is 9.97. The fraction of sp³-hybridized carbons (Fsp3) is 0.900. The lowest BCUT2D eigenvalue weighted by atomic mass is 10.1. The van der Waals surface area contributed by atoms with Crippen LogP contribution in [0.5, 0.6) is 0 Å². The van der Waals surface area contributed by atoms with Crippen LogP contribution in [-0.4, -0.2) is 36.7 Å². The summed E-state index contributed by atoms with van der Waals surface area (Å²) >= 11 is 0. The molecule has 0 aliphatic carbocycles. The van der Waals surface area contributed by atoms with Crippen molar-refractivity contribution in [3.05, 3.63) is 0 Å². The number of nitrogens with zero attached hydrogens (tertiary/aromatic N) is 1. The molecule has 4 nitrogen and oxygen atoms in total. The van der Waals surface area contributed by atoms with Crippen LogP contribution >= 0.6 is 0 Å². The number of hydrogen-bond acceptors (Lipinski definition) is 2. The Morgan fingerprint density at radius 2 is 2.29 bits per heavy atom. The number of piperidine rings is 1. The van der Waals surface area contributed by atoms with Gasteiger partial charge in [0.15, 0.2) is 0 Å². The molecule has 2 saturated heterocycles. The van der Waals surface area contributed by atoms with Crippen molar-refractivity contribution < 1.29 is 4.79 Å². The van der Waals surface area contributed by atoms with Crippen molar-refractivity contribution in [2.24, 2.45) is 5.92 Å². The lowest BCUT2D eigenvalue weighted by Gasteiger charge is -2.39. The third kappa shape index (κ3) is 2.00. The van der Waals surface area contributed by atoms with Crippen LogP contribution < -0.4 is 10.6 Å². The zero-order valence-corrected chi connectivity index (χ0v) is 8.75. The Morgan fingerprint density at radius 1 is 1.43 bits per heavy atom. The van der Waals surface area contributed by atoms with Gasteiger partial charge >= 0.3 is 6.03 Å². The van der Waals surface area contributed by atoms with Gasteiger partial charge in [0.1, 0.15) is 0 Å². The number of carbonyl (C=O) groups excluding carboxylic acids is 1. The van der Waals surface area contributed by atoms with E-state index in [1.165, 1.54) is 12.8 Å². The summed E-state index contributed by atoms with van der Waals surface area (Å²) in [4.78, 5) is 13.6. The summed E-state index contributed by atoms with van der Waals surface area (Å²) < 4.78 is 0. The average Bonchev–Trinajstić information content (AvgIpc) is 2.23. The summed E-state index contributed by atoms with van der Waals surface area (Å²) in [6.07, 6.45) is 3.84. The van der Waals surface area contributed by atoms with Crippen LogP contribution in [0.2, 0.25) is 0 Å². The second-order valence-electron chi connectivity index (χ2n) is 4.41. The minimum atomic E-state index is 0.0995. The summed E-state index contributed by atoms with van der Waals surface area (Å²) in [7, 11) is 0. The standard InChI is InChI=1S/C10H19N3O/c1-8-6-12-10(14)13(7-8)9-4-2-3-5-11-9/h8-9,11H,2-7H2,1H3,(H,12,14). The number of nitrogens with one attached hydrogen (secondary N) is 2.